The van der Waals surface area contributed by atoms with Gasteiger partial charge in [0.1, 0.15) is 0 Å². The molecular weight excluding hydrogens is 168 g/mol. The van der Waals surface area contributed by atoms with E-state index in [0.29, 0.717) is 0 Å². The summed E-state index contributed by atoms with van der Waals surface area (Å²) in [5.41, 5.74) is 0. The fourth-order valence-electron chi connectivity index (χ4n) is 1.16. The van der Waals surface area contributed by atoms with Crippen LogP contribution in [0, 0.1) is 0 Å². The normalized spacial score (nSPS) is 13.2. The molecule has 1 atom stereocenters. The molecule has 0 bridgehead atoms. The van der Waals surface area contributed by atoms with E-state index in [0.717, 1.165) is 39.3 Å². The summed E-state index contributed by atoms with van der Waals surface area (Å²) in [5.74, 6) is 0. The lowest BCUT2D eigenvalue weighted by Crippen LogP contribution is -2.17. The largest absolute Gasteiger partial charge is 0.385 e. The average Bonchev–Trinajstić information content (AvgIpc) is 2.14. The van der Waals surface area contributed by atoms with E-state index in [4.69, 9.17) is 14.2 Å². The maximum Gasteiger partial charge on any atom is 0.0618 e. The highest BCUT2D eigenvalue weighted by molar-refractivity contribution is 4.57. The van der Waals surface area contributed by atoms with Gasteiger partial charge >= 0.3 is 0 Å². The molecule has 80 valence electrons. The number of hydrogen-bond acceptors (Lipinski definition) is 3. The van der Waals surface area contributed by atoms with Crippen molar-refractivity contribution in [1.29, 1.82) is 0 Å². The van der Waals surface area contributed by atoms with Gasteiger partial charge in [-0.05, 0) is 26.7 Å². The van der Waals surface area contributed by atoms with Gasteiger partial charge in [0.25, 0.3) is 0 Å². The topological polar surface area (TPSA) is 27.7 Å². The molecule has 1 unspecified atom stereocenters. The zero-order chi connectivity index (χ0) is 9.94. The first-order valence-corrected chi connectivity index (χ1v) is 5.03. The summed E-state index contributed by atoms with van der Waals surface area (Å²) in [6.07, 6.45) is 2.21. The van der Waals surface area contributed by atoms with E-state index in [1.807, 2.05) is 13.8 Å². The standard InChI is InChI=1S/C10H22O3/c1-4-12-9-7-10(13-5-2)6-8-11-3/h10H,4-9H2,1-3H3. The molecule has 0 saturated heterocycles. The number of rotatable bonds is 9. The van der Waals surface area contributed by atoms with Gasteiger partial charge in [0.15, 0.2) is 0 Å². The van der Waals surface area contributed by atoms with Gasteiger partial charge in [-0.25, -0.2) is 0 Å². The van der Waals surface area contributed by atoms with Crippen molar-refractivity contribution in [3.05, 3.63) is 0 Å². The Morgan fingerprint density at radius 2 is 1.69 bits per heavy atom. The molecule has 0 N–H and O–H groups in total. The monoisotopic (exact) mass is 190 g/mol. The summed E-state index contributed by atoms with van der Waals surface area (Å²) < 4.78 is 15.8. The lowest BCUT2D eigenvalue weighted by Gasteiger charge is -2.16. The van der Waals surface area contributed by atoms with Crippen molar-refractivity contribution >= 4 is 0 Å². The second kappa shape index (κ2) is 9.96. The molecule has 3 heteroatoms. The van der Waals surface area contributed by atoms with Gasteiger partial charge in [-0.3, -0.25) is 0 Å². The van der Waals surface area contributed by atoms with Crippen LogP contribution < -0.4 is 0 Å². The third kappa shape index (κ3) is 8.22. The molecule has 13 heavy (non-hydrogen) atoms. The summed E-state index contributed by atoms with van der Waals surface area (Å²) in [7, 11) is 1.71. The van der Waals surface area contributed by atoms with Gasteiger partial charge in [-0.15, -0.1) is 0 Å². The highest BCUT2D eigenvalue weighted by atomic mass is 16.5. The maximum atomic E-state index is 5.53. The lowest BCUT2D eigenvalue weighted by molar-refractivity contribution is 0.0114. The molecular formula is C10H22O3. The molecule has 0 aliphatic heterocycles. The molecule has 0 amide bonds. The number of methoxy groups -OCH3 is 1. The first-order chi connectivity index (χ1) is 6.35. The van der Waals surface area contributed by atoms with Crippen molar-refractivity contribution in [2.24, 2.45) is 0 Å². The molecule has 0 radical (unpaired) electrons. The minimum atomic E-state index is 0.288. The molecule has 0 aromatic rings. The molecule has 0 rings (SSSR count). The van der Waals surface area contributed by atoms with Crippen molar-refractivity contribution in [2.45, 2.75) is 32.8 Å². The fourth-order valence-corrected chi connectivity index (χ4v) is 1.16. The van der Waals surface area contributed by atoms with Crippen LogP contribution in [0.3, 0.4) is 0 Å². The van der Waals surface area contributed by atoms with Gasteiger partial charge in [0.2, 0.25) is 0 Å². The first-order valence-electron chi connectivity index (χ1n) is 5.03. The molecule has 3 nitrogen and oxygen atoms in total. The average molecular weight is 190 g/mol. The molecule has 0 aliphatic rings. The van der Waals surface area contributed by atoms with Crippen LogP contribution >= 0.6 is 0 Å². The summed E-state index contributed by atoms with van der Waals surface area (Å²) in [5, 5.41) is 0. The van der Waals surface area contributed by atoms with Crippen LogP contribution in [-0.2, 0) is 14.2 Å². The zero-order valence-corrected chi connectivity index (χ0v) is 9.04. The Morgan fingerprint density at radius 3 is 2.23 bits per heavy atom. The van der Waals surface area contributed by atoms with Gasteiger partial charge in [0, 0.05) is 33.5 Å². The molecule has 0 aliphatic carbocycles. The van der Waals surface area contributed by atoms with Crippen molar-refractivity contribution < 1.29 is 14.2 Å². The minimum Gasteiger partial charge on any atom is -0.385 e. The molecule has 0 saturated carbocycles. The summed E-state index contributed by atoms with van der Waals surface area (Å²) in [6, 6.07) is 0. The van der Waals surface area contributed by atoms with E-state index in [2.05, 4.69) is 0 Å². The van der Waals surface area contributed by atoms with Crippen LogP contribution in [0.25, 0.3) is 0 Å². The van der Waals surface area contributed by atoms with Crippen LogP contribution in [-0.4, -0.2) is 39.6 Å². The highest BCUT2D eigenvalue weighted by Gasteiger charge is 2.07. The van der Waals surface area contributed by atoms with Crippen LogP contribution in [0.4, 0.5) is 0 Å². The van der Waals surface area contributed by atoms with E-state index in [-0.39, 0.29) is 6.10 Å². The van der Waals surface area contributed by atoms with E-state index < -0.39 is 0 Å². The molecule has 0 aromatic carbocycles. The molecule has 0 fully saturated rings. The van der Waals surface area contributed by atoms with E-state index >= 15 is 0 Å². The van der Waals surface area contributed by atoms with Crippen LogP contribution in [0.5, 0.6) is 0 Å². The second-order valence-electron chi connectivity index (χ2n) is 2.84. The molecule has 0 spiro atoms. The Labute approximate surface area is 81.4 Å². The second-order valence-corrected chi connectivity index (χ2v) is 2.84. The SMILES string of the molecule is CCOCCC(CCOC)OCC. The van der Waals surface area contributed by atoms with E-state index in [1.54, 1.807) is 7.11 Å². The van der Waals surface area contributed by atoms with Crippen LogP contribution in [0.1, 0.15) is 26.7 Å². The smallest absolute Gasteiger partial charge is 0.0618 e. The number of ether oxygens (including phenoxy) is 3. The Hall–Kier alpha value is -0.120. The summed E-state index contributed by atoms with van der Waals surface area (Å²) >= 11 is 0. The highest BCUT2D eigenvalue weighted by Crippen LogP contribution is 2.04. The molecule has 0 heterocycles. The fraction of sp³-hybridized carbons (Fsp3) is 1.00. The van der Waals surface area contributed by atoms with Crippen molar-refractivity contribution in [3.63, 3.8) is 0 Å². The quantitative estimate of drug-likeness (QED) is 0.519. The Bertz CT molecular complexity index is 96.2. The minimum absolute atomic E-state index is 0.288. The zero-order valence-electron chi connectivity index (χ0n) is 9.04. The van der Waals surface area contributed by atoms with Crippen LogP contribution in [0.15, 0.2) is 0 Å². The van der Waals surface area contributed by atoms with Gasteiger partial charge in [-0.2, -0.15) is 0 Å². The summed E-state index contributed by atoms with van der Waals surface area (Å²) in [4.78, 5) is 0. The Balaban J connectivity index is 3.41. The van der Waals surface area contributed by atoms with Gasteiger partial charge < -0.3 is 14.2 Å². The lowest BCUT2D eigenvalue weighted by atomic mass is 10.2. The Morgan fingerprint density at radius 1 is 1.00 bits per heavy atom. The Kier molecular flexibility index (Phi) is 9.87. The van der Waals surface area contributed by atoms with E-state index in [1.165, 1.54) is 0 Å². The third-order valence-electron chi connectivity index (χ3n) is 1.83. The predicted octanol–water partition coefficient (Wildman–Crippen LogP) is 1.85. The number of hydrogen-bond donors (Lipinski definition) is 0. The van der Waals surface area contributed by atoms with Gasteiger partial charge in [0.05, 0.1) is 6.10 Å². The van der Waals surface area contributed by atoms with Gasteiger partial charge in [-0.1, -0.05) is 0 Å². The van der Waals surface area contributed by atoms with Crippen LogP contribution in [0.2, 0.25) is 0 Å². The van der Waals surface area contributed by atoms with Crippen molar-refractivity contribution in [1.82, 2.24) is 0 Å². The first kappa shape index (κ1) is 12.9. The summed E-state index contributed by atoms with van der Waals surface area (Å²) in [6.45, 7) is 7.11. The predicted molar refractivity (Wildman–Crippen MR) is 53.0 cm³/mol. The van der Waals surface area contributed by atoms with E-state index in [9.17, 15) is 0 Å². The van der Waals surface area contributed by atoms with Crippen molar-refractivity contribution in [3.8, 4) is 0 Å². The third-order valence-corrected chi connectivity index (χ3v) is 1.83. The molecule has 0 aromatic heterocycles. The maximum absolute atomic E-state index is 5.53. The van der Waals surface area contributed by atoms with Crippen molar-refractivity contribution in [2.75, 3.05) is 33.5 Å².